The second-order valence-corrected chi connectivity index (χ2v) is 3.53. The van der Waals surface area contributed by atoms with E-state index in [0.29, 0.717) is 11.6 Å². The normalized spacial score (nSPS) is 14.7. The molecule has 1 unspecified atom stereocenters. The van der Waals surface area contributed by atoms with Crippen molar-refractivity contribution in [3.63, 3.8) is 0 Å². The smallest absolute Gasteiger partial charge is 0.244 e. The summed E-state index contributed by atoms with van der Waals surface area (Å²) < 4.78 is 0. The Kier molecular flexibility index (Phi) is 5.39. The highest BCUT2D eigenvalue weighted by Crippen LogP contribution is 2.07. The maximum absolute atomic E-state index is 10.8. The lowest BCUT2D eigenvalue weighted by molar-refractivity contribution is -0.114. The average molecular weight is 184 g/mol. The van der Waals surface area contributed by atoms with Gasteiger partial charge in [0.1, 0.15) is 0 Å². The van der Waals surface area contributed by atoms with Crippen molar-refractivity contribution in [3.05, 3.63) is 11.6 Å². The molecule has 0 spiro atoms. The highest BCUT2D eigenvalue weighted by atomic mass is 16.1. The largest absolute Gasteiger partial charge is 0.366 e. The van der Waals surface area contributed by atoms with Crippen LogP contribution in [0.25, 0.3) is 0 Å². The first-order valence-corrected chi connectivity index (χ1v) is 4.63. The Morgan fingerprint density at radius 1 is 1.54 bits per heavy atom. The SMILES string of the molecule is CCCC(C=C(C)C(N)=O)N(C)C. The first-order chi connectivity index (χ1) is 5.99. The van der Waals surface area contributed by atoms with Gasteiger partial charge in [0, 0.05) is 11.6 Å². The minimum Gasteiger partial charge on any atom is -0.366 e. The number of hydrogen-bond acceptors (Lipinski definition) is 2. The van der Waals surface area contributed by atoms with Gasteiger partial charge in [-0.05, 0) is 27.4 Å². The minimum atomic E-state index is -0.331. The Labute approximate surface area is 80.6 Å². The number of hydrogen-bond donors (Lipinski definition) is 1. The second kappa shape index (κ2) is 5.75. The molecule has 76 valence electrons. The van der Waals surface area contributed by atoms with E-state index in [9.17, 15) is 4.79 Å². The average Bonchev–Trinajstić information content (AvgIpc) is 2.03. The van der Waals surface area contributed by atoms with Gasteiger partial charge in [0.05, 0.1) is 0 Å². The molecule has 0 bridgehead atoms. The maximum Gasteiger partial charge on any atom is 0.244 e. The number of rotatable bonds is 5. The molecule has 0 heterocycles. The van der Waals surface area contributed by atoms with E-state index < -0.39 is 0 Å². The molecule has 3 nitrogen and oxygen atoms in total. The third-order valence-corrected chi connectivity index (χ3v) is 2.08. The van der Waals surface area contributed by atoms with Crippen molar-refractivity contribution in [3.8, 4) is 0 Å². The van der Waals surface area contributed by atoms with Gasteiger partial charge in [-0.25, -0.2) is 0 Å². The topological polar surface area (TPSA) is 46.3 Å². The third-order valence-electron chi connectivity index (χ3n) is 2.08. The van der Waals surface area contributed by atoms with Gasteiger partial charge in [0.25, 0.3) is 0 Å². The lowest BCUT2D eigenvalue weighted by Gasteiger charge is -2.20. The fraction of sp³-hybridized carbons (Fsp3) is 0.700. The van der Waals surface area contributed by atoms with Crippen molar-refractivity contribution in [2.24, 2.45) is 5.73 Å². The van der Waals surface area contributed by atoms with Crippen molar-refractivity contribution < 1.29 is 4.79 Å². The van der Waals surface area contributed by atoms with Crippen LogP contribution in [0.3, 0.4) is 0 Å². The molecule has 0 fully saturated rings. The molecular formula is C10H20N2O. The molecule has 0 aliphatic heterocycles. The zero-order chi connectivity index (χ0) is 10.4. The van der Waals surface area contributed by atoms with Crippen LogP contribution in [0.2, 0.25) is 0 Å². The predicted molar refractivity (Wildman–Crippen MR) is 55.3 cm³/mol. The van der Waals surface area contributed by atoms with Gasteiger partial charge in [-0.3, -0.25) is 4.79 Å². The molecule has 1 amide bonds. The van der Waals surface area contributed by atoms with E-state index in [2.05, 4.69) is 11.8 Å². The van der Waals surface area contributed by atoms with Crippen molar-refractivity contribution >= 4 is 5.91 Å². The number of amides is 1. The minimum absolute atomic E-state index is 0.317. The summed E-state index contributed by atoms with van der Waals surface area (Å²) in [5, 5.41) is 0. The van der Waals surface area contributed by atoms with E-state index in [1.807, 2.05) is 20.2 Å². The van der Waals surface area contributed by atoms with E-state index in [0.717, 1.165) is 12.8 Å². The molecule has 3 heteroatoms. The van der Waals surface area contributed by atoms with Crippen LogP contribution in [0.1, 0.15) is 26.7 Å². The Morgan fingerprint density at radius 2 is 2.08 bits per heavy atom. The molecule has 1 atom stereocenters. The Bertz CT molecular complexity index is 197. The summed E-state index contributed by atoms with van der Waals surface area (Å²) in [5.41, 5.74) is 5.80. The molecule has 0 saturated heterocycles. The van der Waals surface area contributed by atoms with Crippen LogP contribution >= 0.6 is 0 Å². The number of nitrogens with two attached hydrogens (primary N) is 1. The van der Waals surface area contributed by atoms with Gasteiger partial charge < -0.3 is 10.6 Å². The van der Waals surface area contributed by atoms with Crippen LogP contribution in [0.5, 0.6) is 0 Å². The second-order valence-electron chi connectivity index (χ2n) is 3.53. The summed E-state index contributed by atoms with van der Waals surface area (Å²) in [5.74, 6) is -0.331. The third kappa shape index (κ3) is 4.68. The standard InChI is InChI=1S/C10H20N2O/c1-5-6-9(12(3)4)7-8(2)10(11)13/h7,9H,5-6H2,1-4H3,(H2,11,13). The molecule has 0 aliphatic carbocycles. The zero-order valence-electron chi connectivity index (χ0n) is 9.00. The number of nitrogens with zero attached hydrogens (tertiary/aromatic N) is 1. The Morgan fingerprint density at radius 3 is 2.38 bits per heavy atom. The molecular weight excluding hydrogens is 164 g/mol. The van der Waals surface area contributed by atoms with E-state index in [-0.39, 0.29) is 5.91 Å². The fourth-order valence-electron chi connectivity index (χ4n) is 1.16. The van der Waals surface area contributed by atoms with Crippen LogP contribution in [0, 0.1) is 0 Å². The van der Waals surface area contributed by atoms with Crippen molar-refractivity contribution in [2.45, 2.75) is 32.7 Å². The van der Waals surface area contributed by atoms with Crippen LogP contribution in [-0.2, 0) is 4.79 Å². The van der Waals surface area contributed by atoms with E-state index in [1.165, 1.54) is 0 Å². The van der Waals surface area contributed by atoms with Gasteiger partial charge >= 0.3 is 0 Å². The van der Waals surface area contributed by atoms with Gasteiger partial charge in [-0.1, -0.05) is 19.4 Å². The highest BCUT2D eigenvalue weighted by molar-refractivity contribution is 5.91. The maximum atomic E-state index is 10.8. The first-order valence-electron chi connectivity index (χ1n) is 4.63. The first kappa shape index (κ1) is 12.2. The number of primary amides is 1. The quantitative estimate of drug-likeness (QED) is 0.651. The summed E-state index contributed by atoms with van der Waals surface area (Å²) in [7, 11) is 4.01. The number of carbonyl (C=O) groups excluding carboxylic acids is 1. The van der Waals surface area contributed by atoms with E-state index in [4.69, 9.17) is 5.73 Å². The molecule has 0 aromatic carbocycles. The molecule has 0 saturated carbocycles. The summed E-state index contributed by atoms with van der Waals surface area (Å²) in [6.07, 6.45) is 4.09. The number of carbonyl (C=O) groups is 1. The van der Waals surface area contributed by atoms with Crippen molar-refractivity contribution in [1.29, 1.82) is 0 Å². The highest BCUT2D eigenvalue weighted by Gasteiger charge is 2.08. The lowest BCUT2D eigenvalue weighted by Crippen LogP contribution is -2.27. The van der Waals surface area contributed by atoms with Crippen LogP contribution < -0.4 is 5.73 Å². The van der Waals surface area contributed by atoms with Gasteiger partial charge in [-0.15, -0.1) is 0 Å². The summed E-state index contributed by atoms with van der Waals surface area (Å²) in [6.45, 7) is 3.89. The van der Waals surface area contributed by atoms with Gasteiger partial charge in [-0.2, -0.15) is 0 Å². The van der Waals surface area contributed by atoms with Crippen LogP contribution in [0.4, 0.5) is 0 Å². The van der Waals surface area contributed by atoms with E-state index in [1.54, 1.807) is 6.92 Å². The molecule has 2 N–H and O–H groups in total. The van der Waals surface area contributed by atoms with Crippen LogP contribution in [-0.4, -0.2) is 30.9 Å². The predicted octanol–water partition coefficient (Wildman–Crippen LogP) is 1.15. The van der Waals surface area contributed by atoms with Crippen molar-refractivity contribution in [1.82, 2.24) is 4.90 Å². The molecule has 13 heavy (non-hydrogen) atoms. The monoisotopic (exact) mass is 184 g/mol. The molecule has 0 aromatic heterocycles. The Balaban J connectivity index is 4.39. The number of likely N-dealkylation sites (N-methyl/N-ethyl adjacent to an activating group) is 1. The molecule has 0 rings (SSSR count). The van der Waals surface area contributed by atoms with Gasteiger partial charge in [0.2, 0.25) is 5.91 Å². The molecule has 0 radical (unpaired) electrons. The van der Waals surface area contributed by atoms with Crippen LogP contribution in [0.15, 0.2) is 11.6 Å². The van der Waals surface area contributed by atoms with E-state index >= 15 is 0 Å². The van der Waals surface area contributed by atoms with Crippen molar-refractivity contribution in [2.75, 3.05) is 14.1 Å². The van der Waals surface area contributed by atoms with Gasteiger partial charge in [0.15, 0.2) is 0 Å². The summed E-state index contributed by atoms with van der Waals surface area (Å²) in [4.78, 5) is 12.9. The lowest BCUT2D eigenvalue weighted by atomic mass is 10.1. The fourth-order valence-corrected chi connectivity index (χ4v) is 1.16. The molecule has 0 aromatic rings. The summed E-state index contributed by atoms with van der Waals surface area (Å²) in [6, 6.07) is 0.317. The summed E-state index contributed by atoms with van der Waals surface area (Å²) >= 11 is 0. The molecule has 0 aliphatic rings. The Hall–Kier alpha value is -0.830. The zero-order valence-corrected chi connectivity index (χ0v) is 9.00.